The fraction of sp³-hybridized carbons (Fsp3) is 0.833. The van der Waals surface area contributed by atoms with Gasteiger partial charge in [-0.15, -0.1) is 16.7 Å². The number of hydrogen-bond donors (Lipinski definition) is 0. The van der Waals surface area contributed by atoms with Crippen molar-refractivity contribution in [2.45, 2.75) is 31.2 Å². The lowest BCUT2D eigenvalue weighted by Crippen LogP contribution is -2.10. The standard InChI is InChI=1S/C6H9ClN4/c7-5-2-1-3-6-8-9-10-11(6)4-5/h5H,1-4H2. The zero-order valence-corrected chi connectivity index (χ0v) is 6.83. The summed E-state index contributed by atoms with van der Waals surface area (Å²) in [7, 11) is 0. The van der Waals surface area contributed by atoms with Crippen molar-refractivity contribution < 1.29 is 0 Å². The molecule has 0 aromatic carbocycles. The summed E-state index contributed by atoms with van der Waals surface area (Å²) in [6.45, 7) is 0.754. The Morgan fingerprint density at radius 3 is 3.36 bits per heavy atom. The normalized spacial score (nSPS) is 24.3. The first kappa shape index (κ1) is 7.03. The monoisotopic (exact) mass is 172 g/mol. The van der Waals surface area contributed by atoms with Crippen LogP contribution in [-0.4, -0.2) is 25.6 Å². The summed E-state index contributed by atoms with van der Waals surface area (Å²) in [4.78, 5) is 0. The van der Waals surface area contributed by atoms with Gasteiger partial charge in [-0.2, -0.15) is 0 Å². The van der Waals surface area contributed by atoms with Gasteiger partial charge in [-0.1, -0.05) is 0 Å². The lowest BCUT2D eigenvalue weighted by atomic mass is 10.2. The van der Waals surface area contributed by atoms with Crippen molar-refractivity contribution in [3.8, 4) is 0 Å². The van der Waals surface area contributed by atoms with E-state index in [1.165, 1.54) is 0 Å². The zero-order chi connectivity index (χ0) is 7.68. The minimum Gasteiger partial charge on any atom is -0.228 e. The van der Waals surface area contributed by atoms with Gasteiger partial charge in [0.05, 0.1) is 11.9 Å². The fourth-order valence-electron chi connectivity index (χ4n) is 1.30. The Hall–Kier alpha value is -0.640. The summed E-state index contributed by atoms with van der Waals surface area (Å²) in [6, 6.07) is 0. The molecular weight excluding hydrogens is 164 g/mol. The predicted octanol–water partition coefficient (Wildman–Crippen LogP) is 0.617. The number of nitrogens with zero attached hydrogens (tertiary/aromatic N) is 4. The average molecular weight is 173 g/mol. The maximum atomic E-state index is 5.99. The van der Waals surface area contributed by atoms with Crippen LogP contribution in [0.25, 0.3) is 0 Å². The minimum absolute atomic E-state index is 0.194. The van der Waals surface area contributed by atoms with E-state index in [0.29, 0.717) is 0 Å². The second kappa shape index (κ2) is 2.77. The Balaban J connectivity index is 2.26. The highest BCUT2D eigenvalue weighted by molar-refractivity contribution is 6.20. The highest BCUT2D eigenvalue weighted by Crippen LogP contribution is 2.15. The molecular formula is C6H9ClN4. The van der Waals surface area contributed by atoms with Crippen molar-refractivity contribution >= 4 is 11.6 Å². The van der Waals surface area contributed by atoms with E-state index >= 15 is 0 Å². The van der Waals surface area contributed by atoms with Gasteiger partial charge < -0.3 is 0 Å². The van der Waals surface area contributed by atoms with Crippen LogP contribution in [0.4, 0.5) is 0 Å². The maximum absolute atomic E-state index is 5.99. The minimum atomic E-state index is 0.194. The quantitative estimate of drug-likeness (QED) is 0.539. The molecule has 0 bridgehead atoms. The van der Waals surface area contributed by atoms with Crippen LogP contribution in [0, 0.1) is 0 Å². The van der Waals surface area contributed by atoms with Crippen LogP contribution in [-0.2, 0) is 13.0 Å². The predicted molar refractivity (Wildman–Crippen MR) is 40.4 cm³/mol. The van der Waals surface area contributed by atoms with Crippen LogP contribution in [0.2, 0.25) is 0 Å². The molecule has 1 aliphatic heterocycles. The summed E-state index contributed by atoms with van der Waals surface area (Å²) in [6.07, 6.45) is 3.09. The molecule has 60 valence electrons. The van der Waals surface area contributed by atoms with Crippen molar-refractivity contribution in [2.24, 2.45) is 0 Å². The highest BCUT2D eigenvalue weighted by atomic mass is 35.5. The van der Waals surface area contributed by atoms with Gasteiger partial charge in [0.15, 0.2) is 5.82 Å². The molecule has 1 aromatic heterocycles. The van der Waals surface area contributed by atoms with Gasteiger partial charge in [0, 0.05) is 6.42 Å². The Bertz CT molecular complexity index is 246. The van der Waals surface area contributed by atoms with E-state index in [0.717, 1.165) is 31.6 Å². The largest absolute Gasteiger partial charge is 0.228 e. The Morgan fingerprint density at radius 2 is 2.45 bits per heavy atom. The number of hydrogen-bond acceptors (Lipinski definition) is 3. The third kappa shape index (κ3) is 1.35. The van der Waals surface area contributed by atoms with Gasteiger partial charge in [-0.3, -0.25) is 0 Å². The van der Waals surface area contributed by atoms with Crippen molar-refractivity contribution in [1.29, 1.82) is 0 Å². The molecule has 5 heteroatoms. The van der Waals surface area contributed by atoms with E-state index < -0.39 is 0 Å². The van der Waals surface area contributed by atoms with Crippen LogP contribution in [0.3, 0.4) is 0 Å². The third-order valence-electron chi connectivity index (χ3n) is 1.89. The van der Waals surface area contributed by atoms with Crippen molar-refractivity contribution in [2.75, 3.05) is 0 Å². The Morgan fingerprint density at radius 1 is 1.55 bits per heavy atom. The van der Waals surface area contributed by atoms with Crippen molar-refractivity contribution in [3.63, 3.8) is 0 Å². The Labute approximate surface area is 69.5 Å². The molecule has 1 aromatic rings. The maximum Gasteiger partial charge on any atom is 0.151 e. The highest BCUT2D eigenvalue weighted by Gasteiger charge is 2.15. The van der Waals surface area contributed by atoms with Crippen molar-refractivity contribution in [1.82, 2.24) is 20.2 Å². The van der Waals surface area contributed by atoms with Crippen molar-refractivity contribution in [3.05, 3.63) is 5.82 Å². The Kier molecular flexibility index (Phi) is 1.77. The first-order chi connectivity index (χ1) is 5.36. The topological polar surface area (TPSA) is 43.6 Å². The molecule has 0 N–H and O–H groups in total. The molecule has 0 aliphatic carbocycles. The molecule has 0 spiro atoms. The smallest absolute Gasteiger partial charge is 0.151 e. The van der Waals surface area contributed by atoms with Gasteiger partial charge in [-0.05, 0) is 23.3 Å². The lowest BCUT2D eigenvalue weighted by molar-refractivity contribution is 0.562. The van der Waals surface area contributed by atoms with Gasteiger partial charge >= 0.3 is 0 Å². The van der Waals surface area contributed by atoms with E-state index in [9.17, 15) is 0 Å². The number of alkyl halides is 1. The third-order valence-corrected chi connectivity index (χ3v) is 2.25. The molecule has 1 aliphatic rings. The molecule has 2 rings (SSSR count). The van der Waals surface area contributed by atoms with Gasteiger partial charge in [0.1, 0.15) is 0 Å². The van der Waals surface area contributed by atoms with E-state index in [4.69, 9.17) is 11.6 Å². The molecule has 1 atom stereocenters. The number of aryl methyl sites for hydroxylation is 1. The second-order valence-corrected chi connectivity index (χ2v) is 3.38. The summed E-state index contributed by atoms with van der Waals surface area (Å²) >= 11 is 5.99. The molecule has 0 radical (unpaired) electrons. The number of rotatable bonds is 0. The molecule has 0 fully saturated rings. The molecule has 2 heterocycles. The van der Waals surface area contributed by atoms with E-state index in [-0.39, 0.29) is 5.38 Å². The number of halogens is 1. The van der Waals surface area contributed by atoms with Crippen LogP contribution in [0.5, 0.6) is 0 Å². The molecule has 4 nitrogen and oxygen atoms in total. The number of tetrazole rings is 1. The van der Waals surface area contributed by atoms with E-state index in [1.807, 2.05) is 0 Å². The average Bonchev–Trinajstić information content (AvgIpc) is 2.31. The first-order valence-electron chi connectivity index (χ1n) is 3.75. The molecule has 0 saturated carbocycles. The van der Waals surface area contributed by atoms with Crippen LogP contribution >= 0.6 is 11.6 Å². The molecule has 11 heavy (non-hydrogen) atoms. The van der Waals surface area contributed by atoms with Crippen LogP contribution in [0.15, 0.2) is 0 Å². The summed E-state index contributed by atoms with van der Waals surface area (Å²) in [5.74, 6) is 0.966. The summed E-state index contributed by atoms with van der Waals surface area (Å²) in [5, 5.41) is 11.5. The van der Waals surface area contributed by atoms with E-state index in [1.54, 1.807) is 4.68 Å². The number of aromatic nitrogens is 4. The second-order valence-electron chi connectivity index (χ2n) is 2.77. The summed E-state index contributed by atoms with van der Waals surface area (Å²) < 4.78 is 1.80. The SMILES string of the molecule is ClC1CCCc2nnnn2C1. The number of fused-ring (bicyclic) bond motifs is 1. The summed E-state index contributed by atoms with van der Waals surface area (Å²) in [5.41, 5.74) is 0. The van der Waals surface area contributed by atoms with Crippen LogP contribution in [0.1, 0.15) is 18.7 Å². The first-order valence-corrected chi connectivity index (χ1v) is 4.19. The van der Waals surface area contributed by atoms with Gasteiger partial charge in [0.25, 0.3) is 0 Å². The molecule has 1 unspecified atom stereocenters. The molecule has 0 amide bonds. The molecule has 0 saturated heterocycles. The fourth-order valence-corrected chi connectivity index (χ4v) is 1.59. The lowest BCUT2D eigenvalue weighted by Gasteiger charge is -2.02. The van der Waals surface area contributed by atoms with Gasteiger partial charge in [-0.25, -0.2) is 4.68 Å². The zero-order valence-electron chi connectivity index (χ0n) is 6.07. The van der Waals surface area contributed by atoms with E-state index in [2.05, 4.69) is 15.5 Å². The van der Waals surface area contributed by atoms with Gasteiger partial charge in [0.2, 0.25) is 0 Å². The van der Waals surface area contributed by atoms with Crippen LogP contribution < -0.4 is 0 Å².